The van der Waals surface area contributed by atoms with Gasteiger partial charge in [-0.05, 0) is 12.2 Å². The van der Waals surface area contributed by atoms with Crippen molar-refractivity contribution in [1.29, 1.82) is 0 Å². The molecule has 86 valence electrons. The summed E-state index contributed by atoms with van der Waals surface area (Å²) >= 11 is 5.13. The zero-order valence-corrected chi connectivity index (χ0v) is 10.4. The molecule has 0 radical (unpaired) electrons. The van der Waals surface area contributed by atoms with Crippen molar-refractivity contribution in [2.75, 3.05) is 38.0 Å². The summed E-state index contributed by atoms with van der Waals surface area (Å²) in [6.45, 7) is 0. The van der Waals surface area contributed by atoms with Gasteiger partial charge in [0.05, 0.1) is 0 Å². The predicted octanol–water partition coefficient (Wildman–Crippen LogP) is 0.314. The number of fused-ring (bicyclic) bond motifs is 1. The highest BCUT2D eigenvalue weighted by Crippen LogP contribution is 2.14. The normalized spacial score (nSPS) is 10.8. The fourth-order valence-electron chi connectivity index (χ4n) is 1.30. The molecule has 16 heavy (non-hydrogen) atoms. The van der Waals surface area contributed by atoms with Crippen molar-refractivity contribution in [2.24, 2.45) is 0 Å². The van der Waals surface area contributed by atoms with Gasteiger partial charge in [0.2, 0.25) is 16.7 Å². The minimum atomic E-state index is 0.490. The van der Waals surface area contributed by atoms with Crippen LogP contribution in [0.5, 0.6) is 0 Å². The maximum atomic E-state index is 5.13. The van der Waals surface area contributed by atoms with Crippen LogP contribution in [0.1, 0.15) is 0 Å². The Hall–Kier alpha value is -1.70. The van der Waals surface area contributed by atoms with E-state index in [-0.39, 0.29) is 0 Å². The number of nitrogens with one attached hydrogen (secondary N) is 1. The fourth-order valence-corrected chi connectivity index (χ4v) is 1.51. The number of hydrogen-bond acceptors (Lipinski definition) is 6. The van der Waals surface area contributed by atoms with E-state index in [9.17, 15) is 0 Å². The molecule has 0 aliphatic rings. The van der Waals surface area contributed by atoms with Gasteiger partial charge in [0.1, 0.15) is 0 Å². The van der Waals surface area contributed by atoms with E-state index < -0.39 is 0 Å². The van der Waals surface area contributed by atoms with Crippen molar-refractivity contribution < 1.29 is 0 Å². The molecule has 7 nitrogen and oxygen atoms in total. The maximum Gasteiger partial charge on any atom is 0.259 e. The topological polar surface area (TPSA) is 65.4 Å². The van der Waals surface area contributed by atoms with Crippen LogP contribution >= 0.6 is 12.2 Å². The van der Waals surface area contributed by atoms with Crippen LogP contribution in [0.2, 0.25) is 0 Å². The Labute approximate surface area is 97.7 Å². The summed E-state index contributed by atoms with van der Waals surface area (Å²) in [7, 11) is 7.56. The van der Waals surface area contributed by atoms with Gasteiger partial charge in [-0.1, -0.05) is 0 Å². The van der Waals surface area contributed by atoms with Crippen LogP contribution in [-0.2, 0) is 0 Å². The molecular weight excluding hydrogens is 226 g/mol. The van der Waals surface area contributed by atoms with E-state index in [2.05, 4.69) is 20.2 Å². The Kier molecular flexibility index (Phi) is 2.50. The lowest BCUT2D eigenvalue weighted by Gasteiger charge is -2.16. The van der Waals surface area contributed by atoms with E-state index in [1.54, 1.807) is 4.40 Å². The number of H-pyrrole nitrogens is 1. The lowest BCUT2D eigenvalue weighted by Crippen LogP contribution is -2.20. The zero-order chi connectivity index (χ0) is 11.9. The predicted molar refractivity (Wildman–Crippen MR) is 64.6 cm³/mol. The van der Waals surface area contributed by atoms with Gasteiger partial charge in [0.15, 0.2) is 0 Å². The Morgan fingerprint density at radius 2 is 1.81 bits per heavy atom. The molecule has 1 N–H and O–H groups in total. The summed E-state index contributed by atoms with van der Waals surface area (Å²) in [4.78, 5) is 12.4. The molecule has 0 fully saturated rings. The molecule has 0 unspecified atom stereocenters. The lowest BCUT2D eigenvalue weighted by atomic mass is 10.7. The van der Waals surface area contributed by atoms with Crippen LogP contribution in [0.15, 0.2) is 0 Å². The molecular formula is C8H13N7S. The molecule has 0 atom stereocenters. The van der Waals surface area contributed by atoms with Crippen LogP contribution in [0.4, 0.5) is 11.9 Å². The first-order chi connectivity index (χ1) is 7.50. The summed E-state index contributed by atoms with van der Waals surface area (Å²) in [6.07, 6.45) is 0. The van der Waals surface area contributed by atoms with Crippen LogP contribution in [0.3, 0.4) is 0 Å². The van der Waals surface area contributed by atoms with E-state index in [1.807, 2.05) is 38.0 Å². The molecule has 0 aromatic carbocycles. The second kappa shape index (κ2) is 3.71. The SMILES string of the molecule is CN(C)c1nc(N(C)C)n2c(=S)[nH]nc2n1. The molecule has 0 aliphatic carbocycles. The standard InChI is InChI=1S/C8H13N7S/c1-13(2)5-9-6-11-12-8(16)15(6)7(10-5)14(3)4/h1-4H3,(H,12,16). The van der Waals surface area contributed by atoms with Crippen molar-refractivity contribution in [3.8, 4) is 0 Å². The number of nitrogens with zero attached hydrogens (tertiary/aromatic N) is 6. The first kappa shape index (κ1) is 10.8. The second-order valence-corrected chi connectivity index (χ2v) is 4.16. The van der Waals surface area contributed by atoms with Crippen LogP contribution in [0, 0.1) is 4.77 Å². The number of anilines is 2. The third-order valence-corrected chi connectivity index (χ3v) is 2.33. The molecule has 0 bridgehead atoms. The average molecular weight is 239 g/mol. The van der Waals surface area contributed by atoms with Crippen LogP contribution < -0.4 is 9.80 Å². The van der Waals surface area contributed by atoms with E-state index in [4.69, 9.17) is 12.2 Å². The summed E-state index contributed by atoms with van der Waals surface area (Å²) in [5.74, 6) is 1.82. The van der Waals surface area contributed by atoms with E-state index in [0.717, 1.165) is 0 Å². The quantitative estimate of drug-likeness (QED) is 0.761. The number of rotatable bonds is 2. The van der Waals surface area contributed by atoms with Gasteiger partial charge in [-0.15, -0.1) is 5.10 Å². The average Bonchev–Trinajstić information content (AvgIpc) is 2.59. The van der Waals surface area contributed by atoms with Gasteiger partial charge in [0.25, 0.3) is 5.78 Å². The van der Waals surface area contributed by atoms with Gasteiger partial charge in [-0.2, -0.15) is 9.97 Å². The van der Waals surface area contributed by atoms with Crippen molar-refractivity contribution >= 4 is 29.9 Å². The molecule has 0 saturated heterocycles. The first-order valence-electron chi connectivity index (χ1n) is 4.70. The highest BCUT2D eigenvalue weighted by molar-refractivity contribution is 7.71. The molecule has 2 aromatic rings. The Bertz CT molecular complexity index is 567. The van der Waals surface area contributed by atoms with Gasteiger partial charge in [-0.3, -0.25) is 0 Å². The number of aromatic amines is 1. The summed E-state index contributed by atoms with van der Waals surface area (Å²) in [6, 6.07) is 0. The maximum absolute atomic E-state index is 5.13. The molecule has 0 amide bonds. The minimum absolute atomic E-state index is 0.490. The third kappa shape index (κ3) is 1.60. The van der Waals surface area contributed by atoms with E-state index in [1.165, 1.54) is 0 Å². The highest BCUT2D eigenvalue weighted by atomic mass is 32.1. The molecule has 2 aromatic heterocycles. The Morgan fingerprint density at radius 1 is 1.12 bits per heavy atom. The van der Waals surface area contributed by atoms with Gasteiger partial charge in [-0.25, -0.2) is 9.50 Å². The van der Waals surface area contributed by atoms with Crippen molar-refractivity contribution in [3.05, 3.63) is 4.77 Å². The number of aromatic nitrogens is 5. The minimum Gasteiger partial charge on any atom is -0.348 e. The van der Waals surface area contributed by atoms with Crippen molar-refractivity contribution in [1.82, 2.24) is 24.6 Å². The van der Waals surface area contributed by atoms with Gasteiger partial charge < -0.3 is 9.80 Å². The molecule has 2 rings (SSSR count). The summed E-state index contributed by atoms with van der Waals surface area (Å²) < 4.78 is 2.19. The van der Waals surface area contributed by atoms with Gasteiger partial charge >= 0.3 is 0 Å². The summed E-state index contributed by atoms with van der Waals surface area (Å²) in [5.41, 5.74) is 0. The van der Waals surface area contributed by atoms with Crippen LogP contribution in [0.25, 0.3) is 5.78 Å². The fraction of sp³-hybridized carbons (Fsp3) is 0.500. The number of hydrogen-bond donors (Lipinski definition) is 1. The third-order valence-electron chi connectivity index (χ3n) is 2.05. The summed E-state index contributed by atoms with van der Waals surface area (Å²) in [5, 5.41) is 6.75. The van der Waals surface area contributed by atoms with E-state index >= 15 is 0 Å². The monoisotopic (exact) mass is 239 g/mol. The zero-order valence-electron chi connectivity index (χ0n) is 9.59. The van der Waals surface area contributed by atoms with Crippen LogP contribution in [-0.4, -0.2) is 52.8 Å². The Morgan fingerprint density at radius 3 is 2.38 bits per heavy atom. The molecule has 8 heteroatoms. The molecule has 0 aliphatic heterocycles. The largest absolute Gasteiger partial charge is 0.348 e. The molecule has 0 saturated carbocycles. The lowest BCUT2D eigenvalue weighted by molar-refractivity contribution is 0.894. The Balaban J connectivity index is 2.81. The second-order valence-electron chi connectivity index (χ2n) is 3.78. The first-order valence-corrected chi connectivity index (χ1v) is 5.11. The van der Waals surface area contributed by atoms with Crippen molar-refractivity contribution in [3.63, 3.8) is 0 Å². The van der Waals surface area contributed by atoms with E-state index in [0.29, 0.717) is 22.4 Å². The molecule has 2 heterocycles. The smallest absolute Gasteiger partial charge is 0.259 e. The van der Waals surface area contributed by atoms with Crippen molar-refractivity contribution in [2.45, 2.75) is 0 Å². The van der Waals surface area contributed by atoms with Gasteiger partial charge in [0, 0.05) is 28.2 Å². The highest BCUT2D eigenvalue weighted by Gasteiger charge is 2.12. The molecule has 0 spiro atoms.